The summed E-state index contributed by atoms with van der Waals surface area (Å²) in [5.41, 5.74) is -0.0152. The predicted molar refractivity (Wildman–Crippen MR) is 118 cm³/mol. The van der Waals surface area contributed by atoms with Crippen LogP contribution in [-0.2, 0) is 16.0 Å². The molecule has 8 nitrogen and oxygen atoms in total. The van der Waals surface area contributed by atoms with Gasteiger partial charge in [-0.05, 0) is 54.0 Å². The molecule has 2 N–H and O–H groups in total. The van der Waals surface area contributed by atoms with Crippen LogP contribution < -0.4 is 5.56 Å². The summed E-state index contributed by atoms with van der Waals surface area (Å²) in [5, 5.41) is 10.8. The van der Waals surface area contributed by atoms with E-state index in [4.69, 9.17) is 9.47 Å². The fourth-order valence-corrected chi connectivity index (χ4v) is 4.07. The summed E-state index contributed by atoms with van der Waals surface area (Å²) in [6, 6.07) is 0.121. The summed E-state index contributed by atoms with van der Waals surface area (Å²) in [6.07, 6.45) is -0.665. The Morgan fingerprint density at radius 1 is 1.33 bits per heavy atom. The standard InChI is InChI=1S/C21H33N3O5S/c1-8-28-20(27)17-13(4)16-18(26)22-15(23-19(16)30-17)10-24(12(2)3)9-14(25)11-29-21(5,6)7/h12,14,25H,8-11H2,1-7H3,(H,22,23,26)/t14-/m0/s1. The number of aromatic amines is 1. The van der Waals surface area contributed by atoms with Crippen LogP contribution in [0.25, 0.3) is 10.2 Å². The largest absolute Gasteiger partial charge is 0.462 e. The van der Waals surface area contributed by atoms with Crippen LogP contribution in [0.1, 0.15) is 62.6 Å². The number of fused-ring (bicyclic) bond motifs is 1. The van der Waals surface area contributed by atoms with Gasteiger partial charge in [0.05, 0.1) is 36.8 Å². The predicted octanol–water partition coefficient (Wildman–Crippen LogP) is 2.86. The third-order valence-electron chi connectivity index (χ3n) is 4.55. The molecule has 0 aliphatic rings. The number of esters is 1. The highest BCUT2D eigenvalue weighted by molar-refractivity contribution is 7.20. The lowest BCUT2D eigenvalue weighted by Gasteiger charge is -2.29. The molecule has 0 aromatic carbocycles. The van der Waals surface area contributed by atoms with Gasteiger partial charge in [-0.25, -0.2) is 9.78 Å². The van der Waals surface area contributed by atoms with E-state index in [1.54, 1.807) is 13.8 Å². The highest BCUT2D eigenvalue weighted by atomic mass is 32.1. The number of aliphatic hydroxyl groups is 1. The van der Waals surface area contributed by atoms with E-state index in [1.807, 2.05) is 39.5 Å². The van der Waals surface area contributed by atoms with E-state index in [9.17, 15) is 14.7 Å². The van der Waals surface area contributed by atoms with E-state index in [0.717, 1.165) is 0 Å². The molecule has 0 radical (unpaired) electrons. The molecule has 0 saturated heterocycles. The van der Waals surface area contributed by atoms with Crippen LogP contribution in [0, 0.1) is 6.92 Å². The number of carbonyl (C=O) groups is 1. The molecular weight excluding hydrogens is 406 g/mol. The molecule has 2 aromatic heterocycles. The molecule has 0 saturated carbocycles. The van der Waals surface area contributed by atoms with Crippen LogP contribution >= 0.6 is 11.3 Å². The van der Waals surface area contributed by atoms with Gasteiger partial charge in [0.2, 0.25) is 0 Å². The van der Waals surface area contributed by atoms with Crippen molar-refractivity contribution in [3.63, 3.8) is 0 Å². The number of aliphatic hydroxyl groups excluding tert-OH is 1. The molecule has 0 bridgehead atoms. The van der Waals surface area contributed by atoms with Crippen LogP contribution in [0.5, 0.6) is 0 Å². The Hall–Kier alpha value is -1.81. The summed E-state index contributed by atoms with van der Waals surface area (Å²) < 4.78 is 10.7. The van der Waals surface area contributed by atoms with Crippen LogP contribution in [-0.4, -0.2) is 63.4 Å². The lowest BCUT2D eigenvalue weighted by molar-refractivity contribution is -0.0588. The van der Waals surface area contributed by atoms with E-state index in [-0.39, 0.29) is 30.4 Å². The maximum atomic E-state index is 12.7. The van der Waals surface area contributed by atoms with Crippen molar-refractivity contribution in [3.05, 3.63) is 26.6 Å². The molecule has 2 aromatic rings. The number of carbonyl (C=O) groups excluding carboxylic acids is 1. The van der Waals surface area contributed by atoms with Gasteiger partial charge in [0, 0.05) is 12.6 Å². The number of aryl methyl sites for hydroxylation is 1. The summed E-state index contributed by atoms with van der Waals surface area (Å²) in [6.45, 7) is 14.6. The third-order valence-corrected chi connectivity index (χ3v) is 5.71. The topological polar surface area (TPSA) is 105 Å². The zero-order valence-corrected chi connectivity index (χ0v) is 19.7. The molecule has 2 rings (SSSR count). The first kappa shape index (κ1) is 24.5. The van der Waals surface area contributed by atoms with Crippen molar-refractivity contribution in [1.29, 1.82) is 0 Å². The van der Waals surface area contributed by atoms with Gasteiger partial charge in [0.25, 0.3) is 5.56 Å². The Balaban J connectivity index is 2.23. The maximum Gasteiger partial charge on any atom is 0.348 e. The Kier molecular flexibility index (Phi) is 8.15. The Bertz CT molecular complexity index is 929. The zero-order valence-electron chi connectivity index (χ0n) is 18.9. The summed E-state index contributed by atoms with van der Waals surface area (Å²) in [5.74, 6) is 0.0477. The average molecular weight is 440 g/mol. The minimum atomic E-state index is -0.665. The van der Waals surface area contributed by atoms with E-state index >= 15 is 0 Å². The number of thiophene rings is 1. The summed E-state index contributed by atoms with van der Waals surface area (Å²) in [7, 11) is 0. The molecule has 2 heterocycles. The van der Waals surface area contributed by atoms with Gasteiger partial charge >= 0.3 is 5.97 Å². The van der Waals surface area contributed by atoms with Crippen molar-refractivity contribution >= 4 is 27.5 Å². The van der Waals surface area contributed by atoms with Gasteiger partial charge in [0.15, 0.2) is 0 Å². The fourth-order valence-electron chi connectivity index (χ4n) is 2.97. The lowest BCUT2D eigenvalue weighted by Crippen LogP contribution is -2.40. The lowest BCUT2D eigenvalue weighted by atomic mass is 10.2. The van der Waals surface area contributed by atoms with Crippen molar-refractivity contribution in [2.75, 3.05) is 19.8 Å². The summed E-state index contributed by atoms with van der Waals surface area (Å²) in [4.78, 5) is 35.2. The average Bonchev–Trinajstić information content (AvgIpc) is 2.96. The first-order valence-electron chi connectivity index (χ1n) is 10.2. The molecule has 168 valence electrons. The molecule has 0 fully saturated rings. The van der Waals surface area contributed by atoms with Gasteiger partial charge in [-0.3, -0.25) is 9.69 Å². The molecule has 9 heteroatoms. The number of ether oxygens (including phenoxy) is 2. The van der Waals surface area contributed by atoms with Gasteiger partial charge in [0.1, 0.15) is 15.5 Å². The van der Waals surface area contributed by atoms with Crippen molar-refractivity contribution in [2.24, 2.45) is 0 Å². The second kappa shape index (κ2) is 10.00. The van der Waals surface area contributed by atoms with Gasteiger partial charge in [-0.2, -0.15) is 0 Å². The SMILES string of the molecule is CCOC(=O)c1sc2nc(CN(C[C@H](O)COC(C)(C)C)C(C)C)[nH]c(=O)c2c1C. The second-order valence-corrected chi connectivity index (χ2v) is 9.57. The van der Waals surface area contributed by atoms with E-state index in [1.165, 1.54) is 11.3 Å². The maximum absolute atomic E-state index is 12.7. The van der Waals surface area contributed by atoms with E-state index in [0.29, 0.717) is 39.6 Å². The van der Waals surface area contributed by atoms with Crippen LogP contribution in [0.4, 0.5) is 0 Å². The Labute approximate surface area is 181 Å². The molecule has 30 heavy (non-hydrogen) atoms. The number of hydrogen-bond donors (Lipinski definition) is 2. The van der Waals surface area contributed by atoms with E-state index in [2.05, 4.69) is 9.97 Å². The number of rotatable bonds is 9. The molecule has 0 aliphatic heterocycles. The van der Waals surface area contributed by atoms with Crippen molar-refractivity contribution < 1.29 is 19.4 Å². The van der Waals surface area contributed by atoms with Gasteiger partial charge < -0.3 is 19.6 Å². The fraction of sp³-hybridized carbons (Fsp3) is 0.667. The molecule has 1 atom stereocenters. The molecular formula is C21H33N3O5S. The van der Waals surface area contributed by atoms with Gasteiger partial charge in [-0.1, -0.05) is 0 Å². The monoisotopic (exact) mass is 439 g/mol. The van der Waals surface area contributed by atoms with Crippen LogP contribution in [0.2, 0.25) is 0 Å². The zero-order chi connectivity index (χ0) is 22.6. The highest BCUT2D eigenvalue weighted by Gasteiger charge is 2.22. The smallest absolute Gasteiger partial charge is 0.348 e. The van der Waals surface area contributed by atoms with Crippen LogP contribution in [0.15, 0.2) is 4.79 Å². The minimum Gasteiger partial charge on any atom is -0.462 e. The van der Waals surface area contributed by atoms with Crippen LogP contribution in [0.3, 0.4) is 0 Å². The molecule has 0 amide bonds. The van der Waals surface area contributed by atoms with Crippen molar-refractivity contribution in [2.45, 2.75) is 72.8 Å². The molecule has 0 unspecified atom stereocenters. The summed E-state index contributed by atoms with van der Waals surface area (Å²) >= 11 is 1.17. The highest BCUT2D eigenvalue weighted by Crippen LogP contribution is 2.27. The third kappa shape index (κ3) is 6.34. The minimum absolute atomic E-state index is 0.121. The van der Waals surface area contributed by atoms with E-state index < -0.39 is 12.1 Å². The second-order valence-electron chi connectivity index (χ2n) is 8.57. The normalized spacial score (nSPS) is 13.4. The Morgan fingerprint density at radius 2 is 2.00 bits per heavy atom. The molecule has 0 spiro atoms. The first-order valence-corrected chi connectivity index (χ1v) is 11.0. The van der Waals surface area contributed by atoms with Gasteiger partial charge in [-0.15, -0.1) is 11.3 Å². The molecule has 0 aliphatic carbocycles. The number of aromatic nitrogens is 2. The quantitative estimate of drug-likeness (QED) is 0.579. The van der Waals surface area contributed by atoms with Crippen molar-refractivity contribution in [3.8, 4) is 0 Å². The number of hydrogen-bond acceptors (Lipinski definition) is 8. The first-order chi connectivity index (χ1) is 13.9. The number of nitrogens with zero attached hydrogens (tertiary/aromatic N) is 2. The number of nitrogens with one attached hydrogen (secondary N) is 1. The van der Waals surface area contributed by atoms with Crippen molar-refractivity contribution in [1.82, 2.24) is 14.9 Å². The number of H-pyrrole nitrogens is 1. The Morgan fingerprint density at radius 3 is 2.57 bits per heavy atom.